The lowest BCUT2D eigenvalue weighted by Gasteiger charge is -2.01. The van der Waals surface area contributed by atoms with E-state index in [1.165, 1.54) is 48.5 Å². The number of hydrogen-bond acceptors (Lipinski definition) is 6. The maximum absolute atomic E-state index is 10.7. The summed E-state index contributed by atoms with van der Waals surface area (Å²) in [6.07, 6.45) is 0. The van der Waals surface area contributed by atoms with Crippen molar-refractivity contribution in [2.24, 2.45) is 0 Å². The summed E-state index contributed by atoms with van der Waals surface area (Å²) < 4.78 is 0. The minimum Gasteiger partial charge on any atom is -0.478 e. The van der Waals surface area contributed by atoms with Crippen LogP contribution in [-0.2, 0) is 0 Å². The van der Waals surface area contributed by atoms with Gasteiger partial charge in [0.2, 0.25) is 0 Å². The predicted octanol–water partition coefficient (Wildman–Crippen LogP) is 2.29. The van der Waals surface area contributed by atoms with Crippen LogP contribution in [0.5, 0.6) is 0 Å². The van der Waals surface area contributed by atoms with Crippen LogP contribution in [0.15, 0.2) is 60.7 Å². The molecule has 0 atom stereocenters. The first-order chi connectivity index (χ1) is 15.1. The van der Waals surface area contributed by atoms with Crippen molar-refractivity contribution in [3.05, 3.63) is 82.9 Å². The van der Waals surface area contributed by atoms with Gasteiger partial charge in [-0.05, 0) is 59.3 Å². The number of aliphatic hydroxyl groups is 2. The topological polar surface area (TPSA) is 190 Å². The third-order valence-electron chi connectivity index (χ3n) is 3.81. The molecule has 0 aromatic heterocycles. The Morgan fingerprint density at radius 3 is 0.938 bits per heavy atom. The average molecular weight is 444 g/mol. The summed E-state index contributed by atoms with van der Waals surface area (Å²) in [7, 11) is 0. The molecule has 0 spiro atoms. The van der Waals surface area contributed by atoms with Gasteiger partial charge in [0, 0.05) is 0 Å². The van der Waals surface area contributed by atoms with Crippen LogP contribution in [-0.4, -0.2) is 67.7 Å². The molecule has 0 aliphatic carbocycles. The second-order valence-electron chi connectivity index (χ2n) is 6.02. The summed E-state index contributed by atoms with van der Waals surface area (Å²) in [6.45, 7) is -0.250. The maximum Gasteiger partial charge on any atom is 0.335 e. The number of carboxylic acids is 4. The molecule has 32 heavy (non-hydrogen) atoms. The quantitative estimate of drug-likeness (QED) is 0.340. The highest BCUT2D eigenvalue weighted by molar-refractivity contribution is 5.98. The minimum atomic E-state index is -1.06. The van der Waals surface area contributed by atoms with Crippen LogP contribution in [0.3, 0.4) is 0 Å². The van der Waals surface area contributed by atoms with Crippen molar-refractivity contribution in [1.29, 1.82) is 0 Å². The van der Waals surface area contributed by atoms with Gasteiger partial charge >= 0.3 is 23.9 Å². The fourth-order valence-electron chi connectivity index (χ4n) is 2.27. The van der Waals surface area contributed by atoms with E-state index < -0.39 is 23.9 Å². The van der Waals surface area contributed by atoms with Gasteiger partial charge in [-0.15, -0.1) is 0 Å². The van der Waals surface area contributed by atoms with Crippen LogP contribution in [0, 0.1) is 0 Å². The molecule has 6 N–H and O–H groups in total. The minimum absolute atomic E-state index is 0.0833. The zero-order valence-corrected chi connectivity index (χ0v) is 16.5. The summed E-state index contributed by atoms with van der Waals surface area (Å²) >= 11 is 0. The lowest BCUT2D eigenvalue weighted by molar-refractivity contribution is 0.0681. The highest BCUT2D eigenvalue weighted by atomic mass is 16.4. The van der Waals surface area contributed by atoms with Crippen molar-refractivity contribution in [2.75, 3.05) is 13.2 Å². The number of benzene rings is 3. The Hall–Kier alpha value is -4.28. The predicted molar refractivity (Wildman–Crippen MR) is 112 cm³/mol. The average Bonchev–Trinajstić information content (AvgIpc) is 2.78. The SMILES string of the molecule is O=C(O)c1ccc(C(=O)O)cc1.O=C(O)c1ccc2cc(C(=O)O)ccc2c1.OCCO. The van der Waals surface area contributed by atoms with E-state index in [1.54, 1.807) is 12.1 Å². The van der Waals surface area contributed by atoms with Crippen LogP contribution < -0.4 is 0 Å². The van der Waals surface area contributed by atoms with E-state index in [9.17, 15) is 19.2 Å². The van der Waals surface area contributed by atoms with Crippen LogP contribution in [0.25, 0.3) is 10.8 Å². The molecule has 0 saturated carbocycles. The van der Waals surface area contributed by atoms with Gasteiger partial charge in [-0.3, -0.25) is 0 Å². The lowest BCUT2D eigenvalue weighted by atomic mass is 10.0. The van der Waals surface area contributed by atoms with Crippen molar-refractivity contribution in [3.63, 3.8) is 0 Å². The third kappa shape index (κ3) is 7.86. The highest BCUT2D eigenvalue weighted by Crippen LogP contribution is 2.18. The molecule has 3 aromatic carbocycles. The molecule has 0 aliphatic rings. The lowest BCUT2D eigenvalue weighted by Crippen LogP contribution is -1.99. The van der Waals surface area contributed by atoms with E-state index in [0.717, 1.165) is 0 Å². The Kier molecular flexibility index (Phi) is 10.00. The van der Waals surface area contributed by atoms with E-state index in [-0.39, 0.29) is 35.5 Å². The van der Waals surface area contributed by atoms with Crippen molar-refractivity contribution in [3.8, 4) is 0 Å². The molecule has 0 amide bonds. The summed E-state index contributed by atoms with van der Waals surface area (Å²) in [5.74, 6) is -4.12. The number of hydrogen-bond donors (Lipinski definition) is 6. The van der Waals surface area contributed by atoms with Crippen molar-refractivity contribution in [1.82, 2.24) is 0 Å². The second kappa shape index (κ2) is 12.4. The summed E-state index contributed by atoms with van der Waals surface area (Å²) in [5, 5.41) is 51.2. The van der Waals surface area contributed by atoms with Gasteiger partial charge in [0.25, 0.3) is 0 Å². The Bertz CT molecular complexity index is 1020. The first kappa shape index (κ1) is 25.8. The molecule has 0 fully saturated rings. The summed E-state index contributed by atoms with van der Waals surface area (Å²) in [6, 6.07) is 14.2. The number of carboxylic acid groups (broad SMARTS) is 4. The van der Waals surface area contributed by atoms with E-state index in [2.05, 4.69) is 0 Å². The second-order valence-corrected chi connectivity index (χ2v) is 6.02. The Labute approximate surface area is 181 Å². The number of carbonyl (C=O) groups is 4. The Morgan fingerprint density at radius 1 is 0.469 bits per heavy atom. The van der Waals surface area contributed by atoms with Crippen molar-refractivity contribution in [2.45, 2.75) is 0 Å². The fraction of sp³-hybridized carbons (Fsp3) is 0.0909. The molecule has 3 rings (SSSR count). The van der Waals surface area contributed by atoms with Crippen LogP contribution in [0.4, 0.5) is 0 Å². The van der Waals surface area contributed by atoms with Gasteiger partial charge in [0.15, 0.2) is 0 Å². The Morgan fingerprint density at radius 2 is 0.719 bits per heavy atom. The molecule has 0 bridgehead atoms. The van der Waals surface area contributed by atoms with E-state index >= 15 is 0 Å². The third-order valence-corrected chi connectivity index (χ3v) is 3.81. The number of aromatic carboxylic acids is 4. The zero-order valence-electron chi connectivity index (χ0n) is 16.5. The fourth-order valence-corrected chi connectivity index (χ4v) is 2.27. The first-order valence-electron chi connectivity index (χ1n) is 8.89. The van der Waals surface area contributed by atoms with Gasteiger partial charge in [0.1, 0.15) is 0 Å². The van der Waals surface area contributed by atoms with Crippen LogP contribution in [0.1, 0.15) is 41.4 Å². The van der Waals surface area contributed by atoms with Gasteiger partial charge in [-0.1, -0.05) is 12.1 Å². The van der Waals surface area contributed by atoms with Crippen molar-refractivity contribution < 1.29 is 49.8 Å². The van der Waals surface area contributed by atoms with Gasteiger partial charge in [0.05, 0.1) is 35.5 Å². The standard InChI is InChI=1S/C12H8O4.C8H6O4.C2H6O2/c13-11(14)9-3-1-7-5-10(12(15)16)4-2-8(7)6-9;9-7(10)5-1-2-6(4-3-5)8(11)12;3-1-2-4/h1-6H,(H,13,14)(H,15,16);1-4H,(H,9,10)(H,11,12);3-4H,1-2H2. The van der Waals surface area contributed by atoms with Crippen molar-refractivity contribution >= 4 is 34.6 Å². The molecule has 0 saturated heterocycles. The molecular weight excluding hydrogens is 424 g/mol. The normalized spacial score (nSPS) is 9.56. The highest BCUT2D eigenvalue weighted by Gasteiger charge is 2.07. The van der Waals surface area contributed by atoms with Crippen LogP contribution in [0.2, 0.25) is 0 Å². The molecular formula is C22H20O10. The monoisotopic (exact) mass is 444 g/mol. The number of aliphatic hydroxyl groups excluding tert-OH is 2. The molecule has 10 nitrogen and oxygen atoms in total. The van der Waals surface area contributed by atoms with Gasteiger partial charge in [-0.25, -0.2) is 19.2 Å². The molecule has 168 valence electrons. The smallest absolute Gasteiger partial charge is 0.335 e. The number of rotatable bonds is 5. The summed E-state index contributed by atoms with van der Waals surface area (Å²) in [4.78, 5) is 42.1. The van der Waals surface area contributed by atoms with E-state index in [4.69, 9.17) is 30.6 Å². The summed E-state index contributed by atoms with van der Waals surface area (Å²) in [5.41, 5.74) is 0.547. The Balaban J connectivity index is 0.000000283. The van der Waals surface area contributed by atoms with E-state index in [1.807, 2.05) is 0 Å². The largest absolute Gasteiger partial charge is 0.478 e. The molecule has 3 aromatic rings. The number of fused-ring (bicyclic) bond motifs is 1. The molecule has 10 heteroatoms. The molecule has 0 heterocycles. The zero-order chi connectivity index (χ0) is 24.3. The molecule has 0 aliphatic heterocycles. The maximum atomic E-state index is 10.7. The van der Waals surface area contributed by atoms with Gasteiger partial charge in [-0.2, -0.15) is 0 Å². The van der Waals surface area contributed by atoms with Crippen LogP contribution >= 0.6 is 0 Å². The molecule has 0 radical (unpaired) electrons. The first-order valence-corrected chi connectivity index (χ1v) is 8.89. The van der Waals surface area contributed by atoms with Gasteiger partial charge < -0.3 is 30.6 Å². The van der Waals surface area contributed by atoms with E-state index in [0.29, 0.717) is 10.8 Å². The molecule has 0 unspecified atom stereocenters.